The first-order valence-corrected chi connectivity index (χ1v) is 11.2. The molecule has 2 aromatic rings. The van der Waals surface area contributed by atoms with Crippen molar-refractivity contribution in [3.8, 4) is 11.5 Å². The number of carbonyl (C=O) groups is 2. The van der Waals surface area contributed by atoms with Crippen LogP contribution in [0.2, 0.25) is 0 Å². The van der Waals surface area contributed by atoms with Crippen molar-refractivity contribution in [1.82, 2.24) is 0 Å². The predicted molar refractivity (Wildman–Crippen MR) is 133 cm³/mol. The van der Waals surface area contributed by atoms with Gasteiger partial charge in [-0.15, -0.1) is 0 Å². The maximum Gasteiger partial charge on any atom is 0.333 e. The molecule has 0 heterocycles. The second kappa shape index (κ2) is 13.5. The van der Waals surface area contributed by atoms with Gasteiger partial charge in [-0.25, -0.2) is 9.59 Å². The molecule has 0 saturated heterocycles. The van der Waals surface area contributed by atoms with Gasteiger partial charge in [0.1, 0.15) is 24.7 Å². The van der Waals surface area contributed by atoms with Crippen LogP contribution in [0.15, 0.2) is 54.6 Å². The molecule has 0 aliphatic heterocycles. The van der Waals surface area contributed by atoms with E-state index < -0.39 is 24.1 Å². The highest BCUT2D eigenvalue weighted by molar-refractivity contribution is 5.90. The van der Waals surface area contributed by atoms with Crippen molar-refractivity contribution in [3.05, 3.63) is 60.2 Å². The van der Waals surface area contributed by atoms with Crippen LogP contribution >= 0.6 is 0 Å². The van der Waals surface area contributed by atoms with Crippen LogP contribution in [0.1, 0.15) is 19.4 Å². The van der Waals surface area contributed by atoms with Gasteiger partial charge in [-0.3, -0.25) is 0 Å². The maximum atomic E-state index is 11.9. The van der Waals surface area contributed by atoms with E-state index in [1.54, 1.807) is 13.8 Å². The Morgan fingerprint density at radius 1 is 0.800 bits per heavy atom. The molecule has 8 nitrogen and oxygen atoms in total. The van der Waals surface area contributed by atoms with Crippen LogP contribution < -0.4 is 9.47 Å². The van der Waals surface area contributed by atoms with Gasteiger partial charge in [0.25, 0.3) is 0 Å². The average molecular weight is 487 g/mol. The number of ether oxygens (including phenoxy) is 6. The van der Waals surface area contributed by atoms with Gasteiger partial charge in [0.05, 0.1) is 13.2 Å². The molecule has 0 spiro atoms. The molecule has 0 saturated carbocycles. The lowest BCUT2D eigenvalue weighted by molar-refractivity contribution is -0.149. The highest BCUT2D eigenvalue weighted by Crippen LogP contribution is 2.32. The molecule has 2 atom stereocenters. The number of esters is 2. The summed E-state index contributed by atoms with van der Waals surface area (Å²) in [6.45, 7) is 12.9. The lowest BCUT2D eigenvalue weighted by Gasteiger charge is -2.20. The molecule has 2 aromatic carbocycles. The maximum absolute atomic E-state index is 11.9. The minimum absolute atomic E-state index is 0.123. The topological polar surface area (TPSA) is 89.5 Å². The van der Waals surface area contributed by atoms with E-state index in [0.717, 1.165) is 16.3 Å². The van der Waals surface area contributed by atoms with Crippen molar-refractivity contribution in [2.24, 2.45) is 0 Å². The van der Waals surface area contributed by atoms with E-state index in [4.69, 9.17) is 28.4 Å². The van der Waals surface area contributed by atoms with E-state index in [9.17, 15) is 9.59 Å². The second-order valence-corrected chi connectivity index (χ2v) is 8.24. The zero-order valence-corrected chi connectivity index (χ0v) is 21.1. The van der Waals surface area contributed by atoms with Crippen molar-refractivity contribution in [2.45, 2.75) is 33.0 Å². The standard InChI is InChI=1S/C27H34O8/c1-17(2)26(28)34-22(13-30-6)15-32-21-10-11-24-20(12-21)9-8-19(5)25(24)33-16-23(14-31-7)35-27(29)18(3)4/h8-12,22-23H,1,3,13-16H2,2,4-7H3. The predicted octanol–water partition coefficient (Wildman–Crippen LogP) is 4.17. The summed E-state index contributed by atoms with van der Waals surface area (Å²) >= 11 is 0. The van der Waals surface area contributed by atoms with Gasteiger partial charge < -0.3 is 28.4 Å². The SMILES string of the molecule is C=C(C)C(=O)OC(COC)COc1ccc2c(OCC(COC)OC(=O)C(=C)C)c(C)ccc2c1. The van der Waals surface area contributed by atoms with Gasteiger partial charge in [-0.1, -0.05) is 25.3 Å². The van der Waals surface area contributed by atoms with Crippen molar-refractivity contribution < 1.29 is 38.0 Å². The van der Waals surface area contributed by atoms with E-state index >= 15 is 0 Å². The van der Waals surface area contributed by atoms with Crippen molar-refractivity contribution in [2.75, 3.05) is 40.6 Å². The molecule has 0 fully saturated rings. The Hall–Kier alpha value is -3.36. The molecule has 35 heavy (non-hydrogen) atoms. The smallest absolute Gasteiger partial charge is 0.333 e. The second-order valence-electron chi connectivity index (χ2n) is 8.24. The van der Waals surface area contributed by atoms with E-state index in [1.807, 2.05) is 37.3 Å². The highest BCUT2D eigenvalue weighted by Gasteiger charge is 2.19. The molecule has 190 valence electrons. The largest absolute Gasteiger partial charge is 0.490 e. The van der Waals surface area contributed by atoms with Gasteiger partial charge in [0.2, 0.25) is 0 Å². The first-order chi connectivity index (χ1) is 16.7. The Labute approximate surface area is 206 Å². The van der Waals surface area contributed by atoms with Crippen LogP contribution in [-0.4, -0.2) is 64.8 Å². The van der Waals surface area contributed by atoms with Crippen molar-refractivity contribution >= 4 is 22.7 Å². The zero-order chi connectivity index (χ0) is 26.0. The number of aryl methyl sites for hydroxylation is 1. The van der Waals surface area contributed by atoms with E-state index in [2.05, 4.69) is 13.2 Å². The Kier molecular flexibility index (Phi) is 10.8. The van der Waals surface area contributed by atoms with Crippen LogP contribution in [0, 0.1) is 6.92 Å². The molecule has 0 bridgehead atoms. The third-order valence-electron chi connectivity index (χ3n) is 4.94. The fourth-order valence-electron chi connectivity index (χ4n) is 3.14. The molecule has 8 heteroatoms. The lowest BCUT2D eigenvalue weighted by atomic mass is 10.1. The molecule has 0 aliphatic carbocycles. The van der Waals surface area contributed by atoms with Crippen LogP contribution in [-0.2, 0) is 28.5 Å². The fourth-order valence-corrected chi connectivity index (χ4v) is 3.14. The van der Waals surface area contributed by atoms with Crippen LogP contribution in [0.4, 0.5) is 0 Å². The van der Waals surface area contributed by atoms with Gasteiger partial charge in [0.15, 0.2) is 12.2 Å². The van der Waals surface area contributed by atoms with E-state index in [1.165, 1.54) is 14.2 Å². The Balaban J connectivity index is 2.14. The molecule has 2 rings (SSSR count). The van der Waals surface area contributed by atoms with Crippen LogP contribution in [0.25, 0.3) is 10.8 Å². The van der Waals surface area contributed by atoms with Crippen LogP contribution in [0.3, 0.4) is 0 Å². The third kappa shape index (κ3) is 8.42. The summed E-state index contributed by atoms with van der Waals surface area (Å²) in [7, 11) is 3.06. The quantitative estimate of drug-likeness (QED) is 0.290. The molecule has 2 unspecified atom stereocenters. The molecular weight excluding hydrogens is 452 g/mol. The third-order valence-corrected chi connectivity index (χ3v) is 4.94. The van der Waals surface area contributed by atoms with Gasteiger partial charge in [-0.05, 0) is 49.9 Å². The van der Waals surface area contributed by atoms with E-state index in [0.29, 0.717) is 22.6 Å². The van der Waals surface area contributed by atoms with Crippen LogP contribution in [0.5, 0.6) is 11.5 Å². The van der Waals surface area contributed by atoms with Gasteiger partial charge in [-0.2, -0.15) is 0 Å². The molecule has 0 amide bonds. The zero-order valence-electron chi connectivity index (χ0n) is 21.1. The fraction of sp³-hybridized carbons (Fsp3) is 0.407. The van der Waals surface area contributed by atoms with Gasteiger partial charge >= 0.3 is 11.9 Å². The van der Waals surface area contributed by atoms with E-state index in [-0.39, 0.29) is 26.4 Å². The summed E-state index contributed by atoms with van der Waals surface area (Å²) in [6, 6.07) is 9.48. The molecule has 0 N–H and O–H groups in total. The summed E-state index contributed by atoms with van der Waals surface area (Å²) in [5.74, 6) is 0.293. The Bertz CT molecular complexity index is 1060. The molecule has 0 aromatic heterocycles. The summed E-state index contributed by atoms with van der Waals surface area (Å²) in [5, 5.41) is 1.77. The summed E-state index contributed by atoms with van der Waals surface area (Å²) < 4.78 is 33.0. The molecular formula is C27H34O8. The number of carbonyl (C=O) groups excluding carboxylic acids is 2. The number of hydrogen-bond acceptors (Lipinski definition) is 8. The molecule has 0 radical (unpaired) electrons. The monoisotopic (exact) mass is 486 g/mol. The number of rotatable bonds is 14. The normalized spacial score (nSPS) is 12.5. The minimum Gasteiger partial charge on any atom is -0.490 e. The number of methoxy groups -OCH3 is 2. The summed E-state index contributed by atoms with van der Waals surface area (Å²) in [6.07, 6.45) is -1.16. The Morgan fingerprint density at radius 3 is 1.86 bits per heavy atom. The van der Waals surface area contributed by atoms with Crippen molar-refractivity contribution in [3.63, 3.8) is 0 Å². The van der Waals surface area contributed by atoms with Gasteiger partial charge in [0, 0.05) is 30.8 Å². The average Bonchev–Trinajstić information content (AvgIpc) is 2.81. The Morgan fingerprint density at radius 2 is 1.34 bits per heavy atom. The number of benzene rings is 2. The first-order valence-electron chi connectivity index (χ1n) is 11.2. The van der Waals surface area contributed by atoms with Crippen molar-refractivity contribution in [1.29, 1.82) is 0 Å². The summed E-state index contributed by atoms with van der Waals surface area (Å²) in [4.78, 5) is 23.8. The lowest BCUT2D eigenvalue weighted by Crippen LogP contribution is -2.29. The first kappa shape index (κ1) is 27.9. The number of hydrogen-bond donors (Lipinski definition) is 0. The number of fused-ring (bicyclic) bond motifs is 1. The summed E-state index contributed by atoms with van der Waals surface area (Å²) in [5.41, 5.74) is 1.55. The highest BCUT2D eigenvalue weighted by atomic mass is 16.6. The minimum atomic E-state index is -0.582. The molecule has 0 aliphatic rings.